The van der Waals surface area contributed by atoms with Crippen molar-refractivity contribution in [2.45, 2.75) is 39.0 Å². The standard InChI is InChI=1S/C14H18O/c1-10-4-5-11-8-12-3-2-6-15-14(12)9-13(11)7-10/h8-10H,2-7H2,1H3. The molecule has 0 aromatic heterocycles. The summed E-state index contributed by atoms with van der Waals surface area (Å²) in [7, 11) is 0. The number of rotatable bonds is 0. The van der Waals surface area contributed by atoms with Gasteiger partial charge in [-0.3, -0.25) is 0 Å². The van der Waals surface area contributed by atoms with E-state index in [2.05, 4.69) is 19.1 Å². The summed E-state index contributed by atoms with van der Waals surface area (Å²) in [6, 6.07) is 4.70. The lowest BCUT2D eigenvalue weighted by Crippen LogP contribution is -2.15. The molecule has 1 unspecified atom stereocenters. The van der Waals surface area contributed by atoms with Gasteiger partial charge in [0.1, 0.15) is 5.75 Å². The molecular formula is C14H18O. The fourth-order valence-electron chi connectivity index (χ4n) is 2.79. The van der Waals surface area contributed by atoms with Gasteiger partial charge in [-0.25, -0.2) is 0 Å². The van der Waals surface area contributed by atoms with E-state index in [1.165, 1.54) is 43.2 Å². The number of benzene rings is 1. The van der Waals surface area contributed by atoms with Crippen molar-refractivity contribution in [2.24, 2.45) is 5.92 Å². The van der Waals surface area contributed by atoms with Crippen molar-refractivity contribution in [3.63, 3.8) is 0 Å². The molecule has 3 rings (SSSR count). The molecule has 2 aliphatic rings. The number of aryl methyl sites for hydroxylation is 2. The summed E-state index contributed by atoms with van der Waals surface area (Å²) in [4.78, 5) is 0. The van der Waals surface area contributed by atoms with Crippen molar-refractivity contribution in [1.82, 2.24) is 0 Å². The first-order valence-corrected chi connectivity index (χ1v) is 6.10. The third-order valence-electron chi connectivity index (χ3n) is 3.71. The predicted molar refractivity (Wildman–Crippen MR) is 61.4 cm³/mol. The third kappa shape index (κ3) is 1.64. The smallest absolute Gasteiger partial charge is 0.122 e. The van der Waals surface area contributed by atoms with E-state index in [-0.39, 0.29) is 0 Å². The Kier molecular flexibility index (Phi) is 2.19. The Bertz CT molecular complexity index is 381. The van der Waals surface area contributed by atoms with Crippen LogP contribution in [-0.2, 0) is 19.3 Å². The minimum Gasteiger partial charge on any atom is -0.493 e. The second kappa shape index (κ2) is 3.55. The van der Waals surface area contributed by atoms with Gasteiger partial charge < -0.3 is 4.74 Å². The maximum Gasteiger partial charge on any atom is 0.122 e. The summed E-state index contributed by atoms with van der Waals surface area (Å²) in [5, 5.41) is 0. The zero-order chi connectivity index (χ0) is 10.3. The predicted octanol–water partition coefficient (Wildman–Crippen LogP) is 3.14. The quantitative estimate of drug-likeness (QED) is 0.628. The Morgan fingerprint density at radius 1 is 1.13 bits per heavy atom. The second-order valence-corrected chi connectivity index (χ2v) is 5.03. The van der Waals surface area contributed by atoms with Crippen LogP contribution in [0.2, 0.25) is 0 Å². The molecule has 0 N–H and O–H groups in total. The molecule has 0 amide bonds. The van der Waals surface area contributed by atoms with E-state index in [9.17, 15) is 0 Å². The molecule has 0 spiro atoms. The molecule has 0 fully saturated rings. The summed E-state index contributed by atoms with van der Waals surface area (Å²) < 4.78 is 5.72. The number of hydrogen-bond acceptors (Lipinski definition) is 1. The zero-order valence-corrected chi connectivity index (χ0v) is 9.38. The van der Waals surface area contributed by atoms with Crippen molar-refractivity contribution >= 4 is 0 Å². The topological polar surface area (TPSA) is 9.23 Å². The van der Waals surface area contributed by atoms with Gasteiger partial charge in [0.15, 0.2) is 0 Å². The molecule has 0 saturated carbocycles. The first-order valence-electron chi connectivity index (χ1n) is 6.10. The molecule has 1 aromatic rings. The summed E-state index contributed by atoms with van der Waals surface area (Å²) in [5.74, 6) is 2.01. The van der Waals surface area contributed by atoms with Crippen LogP contribution < -0.4 is 4.74 Å². The highest BCUT2D eigenvalue weighted by Crippen LogP contribution is 2.33. The summed E-state index contributed by atoms with van der Waals surface area (Å²) >= 11 is 0. The van der Waals surface area contributed by atoms with Crippen LogP contribution in [0.4, 0.5) is 0 Å². The summed E-state index contributed by atoms with van der Waals surface area (Å²) in [6.45, 7) is 3.25. The molecule has 1 aromatic carbocycles. The highest BCUT2D eigenvalue weighted by Gasteiger charge is 2.19. The number of ether oxygens (including phenoxy) is 1. The molecule has 1 aliphatic carbocycles. The van der Waals surface area contributed by atoms with Gasteiger partial charge in [-0.05, 0) is 60.8 Å². The molecule has 0 bridgehead atoms. The van der Waals surface area contributed by atoms with E-state index in [0.717, 1.165) is 18.3 Å². The first kappa shape index (κ1) is 9.26. The van der Waals surface area contributed by atoms with Gasteiger partial charge in [-0.1, -0.05) is 13.0 Å². The summed E-state index contributed by atoms with van der Waals surface area (Å²) in [5.41, 5.74) is 4.56. The molecule has 1 aliphatic heterocycles. The molecule has 0 radical (unpaired) electrons. The van der Waals surface area contributed by atoms with Crippen molar-refractivity contribution in [3.8, 4) is 5.75 Å². The van der Waals surface area contributed by atoms with Crippen LogP contribution in [0.1, 0.15) is 36.5 Å². The van der Waals surface area contributed by atoms with Crippen LogP contribution in [0.15, 0.2) is 12.1 Å². The van der Waals surface area contributed by atoms with Gasteiger partial charge in [0, 0.05) is 0 Å². The minimum absolute atomic E-state index is 0.846. The maximum atomic E-state index is 5.72. The SMILES string of the molecule is CC1CCc2cc3c(cc2C1)OCCC3. The van der Waals surface area contributed by atoms with E-state index >= 15 is 0 Å². The lowest BCUT2D eigenvalue weighted by molar-refractivity contribution is 0.287. The van der Waals surface area contributed by atoms with Gasteiger partial charge >= 0.3 is 0 Å². The Morgan fingerprint density at radius 3 is 3.00 bits per heavy atom. The van der Waals surface area contributed by atoms with Crippen molar-refractivity contribution < 1.29 is 4.74 Å². The Morgan fingerprint density at radius 2 is 2.07 bits per heavy atom. The van der Waals surface area contributed by atoms with E-state index in [4.69, 9.17) is 4.74 Å². The van der Waals surface area contributed by atoms with E-state index in [0.29, 0.717) is 0 Å². The first-order chi connectivity index (χ1) is 7.33. The maximum absolute atomic E-state index is 5.72. The third-order valence-corrected chi connectivity index (χ3v) is 3.71. The van der Waals surface area contributed by atoms with Crippen LogP contribution in [-0.4, -0.2) is 6.61 Å². The molecule has 80 valence electrons. The molecule has 1 heteroatoms. The van der Waals surface area contributed by atoms with Crippen molar-refractivity contribution in [2.75, 3.05) is 6.61 Å². The molecular weight excluding hydrogens is 184 g/mol. The van der Waals surface area contributed by atoms with Crippen LogP contribution in [0.5, 0.6) is 5.75 Å². The fourth-order valence-corrected chi connectivity index (χ4v) is 2.79. The van der Waals surface area contributed by atoms with Crippen LogP contribution in [0.25, 0.3) is 0 Å². The van der Waals surface area contributed by atoms with Crippen LogP contribution in [0, 0.1) is 5.92 Å². The lowest BCUT2D eigenvalue weighted by Gasteiger charge is -2.25. The normalized spacial score (nSPS) is 23.9. The molecule has 1 heterocycles. The van der Waals surface area contributed by atoms with Gasteiger partial charge in [-0.2, -0.15) is 0 Å². The Labute approximate surface area is 91.5 Å². The summed E-state index contributed by atoms with van der Waals surface area (Å²) in [6.07, 6.45) is 6.25. The van der Waals surface area contributed by atoms with Crippen LogP contribution >= 0.6 is 0 Å². The molecule has 1 nitrogen and oxygen atoms in total. The van der Waals surface area contributed by atoms with E-state index < -0.39 is 0 Å². The van der Waals surface area contributed by atoms with Gasteiger partial charge in [0.25, 0.3) is 0 Å². The highest BCUT2D eigenvalue weighted by molar-refractivity contribution is 5.44. The van der Waals surface area contributed by atoms with Crippen molar-refractivity contribution in [3.05, 3.63) is 28.8 Å². The molecule has 1 atom stereocenters. The number of hydrogen-bond donors (Lipinski definition) is 0. The largest absolute Gasteiger partial charge is 0.493 e. The van der Waals surface area contributed by atoms with E-state index in [1.807, 2.05) is 0 Å². The number of fused-ring (bicyclic) bond motifs is 2. The Hall–Kier alpha value is -0.980. The Balaban J connectivity index is 2.02. The fraction of sp³-hybridized carbons (Fsp3) is 0.571. The average Bonchev–Trinajstić information content (AvgIpc) is 2.26. The van der Waals surface area contributed by atoms with Gasteiger partial charge in [0.2, 0.25) is 0 Å². The lowest BCUT2D eigenvalue weighted by atomic mass is 9.83. The molecule has 0 saturated heterocycles. The van der Waals surface area contributed by atoms with Gasteiger partial charge in [-0.15, -0.1) is 0 Å². The monoisotopic (exact) mass is 202 g/mol. The van der Waals surface area contributed by atoms with Gasteiger partial charge in [0.05, 0.1) is 6.61 Å². The second-order valence-electron chi connectivity index (χ2n) is 5.03. The average molecular weight is 202 g/mol. The van der Waals surface area contributed by atoms with Crippen molar-refractivity contribution in [1.29, 1.82) is 0 Å². The van der Waals surface area contributed by atoms with Crippen LogP contribution in [0.3, 0.4) is 0 Å². The molecule has 15 heavy (non-hydrogen) atoms. The zero-order valence-electron chi connectivity index (χ0n) is 9.38. The van der Waals surface area contributed by atoms with E-state index in [1.54, 1.807) is 5.56 Å². The highest BCUT2D eigenvalue weighted by atomic mass is 16.5. The minimum atomic E-state index is 0.846.